The first kappa shape index (κ1) is 16.8. The molecular formula is C18H16FNO2S2. The molecule has 3 nitrogen and oxygen atoms in total. The van der Waals surface area contributed by atoms with Crippen LogP contribution in [-0.2, 0) is 11.2 Å². The van der Waals surface area contributed by atoms with Gasteiger partial charge in [-0.15, -0.1) is 23.1 Å². The topological polar surface area (TPSA) is 42.2 Å². The van der Waals surface area contributed by atoms with Gasteiger partial charge in [-0.05, 0) is 48.9 Å². The van der Waals surface area contributed by atoms with Crippen LogP contribution in [0.5, 0.6) is 0 Å². The summed E-state index contributed by atoms with van der Waals surface area (Å²) in [6, 6.07) is 12.2. The zero-order valence-electron chi connectivity index (χ0n) is 12.8. The number of amides is 1. The lowest BCUT2D eigenvalue weighted by molar-refractivity contribution is -0.118. The summed E-state index contributed by atoms with van der Waals surface area (Å²) in [5.74, 6) is 0.0431. The van der Waals surface area contributed by atoms with Crippen LogP contribution in [0.25, 0.3) is 10.4 Å². The zero-order valence-corrected chi connectivity index (χ0v) is 14.5. The second-order valence-corrected chi connectivity index (χ2v) is 7.34. The number of carbonyl (C=O) groups excluding carboxylic acids is 1. The first-order valence-electron chi connectivity index (χ1n) is 7.47. The van der Waals surface area contributed by atoms with Gasteiger partial charge in [0.25, 0.3) is 0 Å². The van der Waals surface area contributed by atoms with E-state index in [9.17, 15) is 9.18 Å². The van der Waals surface area contributed by atoms with Crippen molar-refractivity contribution in [3.63, 3.8) is 0 Å². The van der Waals surface area contributed by atoms with Crippen LogP contribution < -0.4 is 5.32 Å². The van der Waals surface area contributed by atoms with Gasteiger partial charge >= 0.3 is 0 Å². The summed E-state index contributed by atoms with van der Waals surface area (Å²) < 4.78 is 17.9. The van der Waals surface area contributed by atoms with Crippen molar-refractivity contribution in [1.29, 1.82) is 0 Å². The predicted octanol–water partition coefficient (Wildman–Crippen LogP) is 4.60. The van der Waals surface area contributed by atoms with Gasteiger partial charge in [0.15, 0.2) is 0 Å². The third-order valence-corrected chi connectivity index (χ3v) is 5.55. The molecule has 0 bridgehead atoms. The Bertz CT molecular complexity index is 782. The molecule has 0 spiro atoms. The molecule has 2 aromatic heterocycles. The maximum atomic E-state index is 12.8. The van der Waals surface area contributed by atoms with Crippen molar-refractivity contribution in [2.75, 3.05) is 12.3 Å². The predicted molar refractivity (Wildman–Crippen MR) is 95.9 cm³/mol. The van der Waals surface area contributed by atoms with Crippen molar-refractivity contribution in [3.8, 4) is 10.4 Å². The fraction of sp³-hybridized carbons (Fsp3) is 0.167. The van der Waals surface area contributed by atoms with E-state index < -0.39 is 0 Å². The summed E-state index contributed by atoms with van der Waals surface area (Å²) >= 11 is 3.10. The minimum atomic E-state index is -0.269. The van der Waals surface area contributed by atoms with Gasteiger partial charge in [0.2, 0.25) is 5.91 Å². The number of thiophene rings is 1. The van der Waals surface area contributed by atoms with Crippen LogP contribution in [-0.4, -0.2) is 18.2 Å². The van der Waals surface area contributed by atoms with Crippen LogP contribution in [0.15, 0.2) is 64.3 Å². The highest BCUT2D eigenvalue weighted by molar-refractivity contribution is 8.00. The molecule has 1 aromatic carbocycles. The number of thioether (sulfide) groups is 1. The Hall–Kier alpha value is -2.05. The molecule has 3 rings (SSSR count). The molecule has 0 aliphatic carbocycles. The fourth-order valence-corrected chi connectivity index (χ4v) is 3.85. The monoisotopic (exact) mass is 361 g/mol. The highest BCUT2D eigenvalue weighted by Crippen LogP contribution is 2.28. The van der Waals surface area contributed by atoms with E-state index in [4.69, 9.17) is 4.42 Å². The number of nitrogens with one attached hydrogen (secondary N) is 1. The fourth-order valence-electron chi connectivity index (χ4n) is 2.13. The summed E-state index contributed by atoms with van der Waals surface area (Å²) in [7, 11) is 0. The van der Waals surface area contributed by atoms with E-state index in [2.05, 4.69) is 17.4 Å². The van der Waals surface area contributed by atoms with E-state index in [0.717, 1.165) is 21.8 Å². The summed E-state index contributed by atoms with van der Waals surface area (Å²) in [5, 5.41) is 2.91. The average molecular weight is 361 g/mol. The van der Waals surface area contributed by atoms with Crippen LogP contribution >= 0.6 is 23.1 Å². The van der Waals surface area contributed by atoms with Crippen molar-refractivity contribution >= 4 is 29.0 Å². The first-order valence-corrected chi connectivity index (χ1v) is 9.27. The van der Waals surface area contributed by atoms with Gasteiger partial charge in [-0.1, -0.05) is 0 Å². The average Bonchev–Trinajstić information content (AvgIpc) is 3.25. The smallest absolute Gasteiger partial charge is 0.230 e. The van der Waals surface area contributed by atoms with Crippen LogP contribution in [0.3, 0.4) is 0 Å². The quantitative estimate of drug-likeness (QED) is 0.626. The van der Waals surface area contributed by atoms with Crippen molar-refractivity contribution in [1.82, 2.24) is 5.32 Å². The molecule has 0 unspecified atom stereocenters. The number of hydrogen-bond donors (Lipinski definition) is 1. The Morgan fingerprint density at radius 2 is 2.00 bits per heavy atom. The lowest BCUT2D eigenvalue weighted by atomic mass is 10.3. The molecule has 2 heterocycles. The Morgan fingerprint density at radius 1 is 1.17 bits per heavy atom. The molecule has 124 valence electrons. The van der Waals surface area contributed by atoms with Crippen LogP contribution in [0, 0.1) is 5.82 Å². The number of rotatable bonds is 7. The van der Waals surface area contributed by atoms with Crippen molar-refractivity contribution in [2.24, 2.45) is 0 Å². The maximum absolute atomic E-state index is 12.8. The summed E-state index contributed by atoms with van der Waals surface area (Å²) in [5.41, 5.74) is 1.07. The Labute approximate surface area is 147 Å². The molecule has 0 fully saturated rings. The first-order chi connectivity index (χ1) is 11.7. The van der Waals surface area contributed by atoms with Crippen LogP contribution in [0.4, 0.5) is 4.39 Å². The van der Waals surface area contributed by atoms with Crippen molar-refractivity contribution in [3.05, 3.63) is 65.7 Å². The largest absolute Gasteiger partial charge is 0.472 e. The van der Waals surface area contributed by atoms with Crippen molar-refractivity contribution < 1.29 is 13.6 Å². The van der Waals surface area contributed by atoms with Crippen LogP contribution in [0.1, 0.15) is 4.88 Å². The summed E-state index contributed by atoms with van der Waals surface area (Å²) in [6.07, 6.45) is 4.19. The zero-order chi connectivity index (χ0) is 16.8. The highest BCUT2D eigenvalue weighted by atomic mass is 32.2. The highest BCUT2D eigenvalue weighted by Gasteiger charge is 2.06. The molecule has 0 radical (unpaired) electrons. The van der Waals surface area contributed by atoms with Gasteiger partial charge < -0.3 is 9.73 Å². The second-order valence-electron chi connectivity index (χ2n) is 5.12. The molecule has 1 N–H and O–H groups in total. The molecule has 3 aromatic rings. The second kappa shape index (κ2) is 8.17. The minimum absolute atomic E-state index is 0.0176. The Kier molecular flexibility index (Phi) is 5.72. The molecule has 0 aliphatic heterocycles. The van der Waals surface area contributed by atoms with Crippen LogP contribution in [0.2, 0.25) is 0 Å². The molecule has 0 saturated carbocycles. The van der Waals surface area contributed by atoms with E-state index >= 15 is 0 Å². The van der Waals surface area contributed by atoms with Gasteiger partial charge in [0.1, 0.15) is 5.82 Å². The van der Waals surface area contributed by atoms with E-state index in [1.54, 1.807) is 36.0 Å². The normalized spacial score (nSPS) is 10.7. The molecule has 0 aliphatic rings. The molecule has 24 heavy (non-hydrogen) atoms. The Morgan fingerprint density at radius 3 is 2.75 bits per heavy atom. The number of hydrogen-bond acceptors (Lipinski definition) is 4. The lowest BCUT2D eigenvalue weighted by Crippen LogP contribution is -2.27. The van der Waals surface area contributed by atoms with E-state index in [1.165, 1.54) is 28.8 Å². The minimum Gasteiger partial charge on any atom is -0.472 e. The van der Waals surface area contributed by atoms with Crippen molar-refractivity contribution in [2.45, 2.75) is 11.3 Å². The molecular weight excluding hydrogens is 345 g/mol. The molecule has 6 heteroatoms. The van der Waals surface area contributed by atoms with Gasteiger partial charge in [-0.3, -0.25) is 4.79 Å². The SMILES string of the molecule is O=C(CSc1ccc(F)cc1)NCCc1ccc(-c2ccoc2)s1. The number of furan rings is 1. The summed E-state index contributed by atoms with van der Waals surface area (Å²) in [4.78, 5) is 15.1. The maximum Gasteiger partial charge on any atom is 0.230 e. The van der Waals surface area contributed by atoms with E-state index in [1.807, 2.05) is 6.07 Å². The standard InChI is InChI=1S/C18H16FNO2S2/c19-14-1-3-15(4-2-14)23-12-18(21)20-9-7-16-5-6-17(24-16)13-8-10-22-11-13/h1-6,8,10-11H,7,9,12H2,(H,20,21). The summed E-state index contributed by atoms with van der Waals surface area (Å²) in [6.45, 7) is 0.605. The number of benzene rings is 1. The lowest BCUT2D eigenvalue weighted by Gasteiger charge is -2.04. The number of carbonyl (C=O) groups is 1. The van der Waals surface area contributed by atoms with Gasteiger partial charge in [-0.25, -0.2) is 4.39 Å². The van der Waals surface area contributed by atoms with E-state index in [0.29, 0.717) is 12.3 Å². The van der Waals surface area contributed by atoms with Gasteiger partial charge in [-0.2, -0.15) is 0 Å². The molecule has 1 amide bonds. The molecule has 0 saturated heterocycles. The van der Waals surface area contributed by atoms with Gasteiger partial charge in [0, 0.05) is 26.8 Å². The third-order valence-electron chi connectivity index (χ3n) is 3.34. The third kappa shape index (κ3) is 4.72. The van der Waals surface area contributed by atoms with Gasteiger partial charge in [0.05, 0.1) is 18.3 Å². The number of halogens is 1. The Balaban J connectivity index is 1.40. The van der Waals surface area contributed by atoms with E-state index in [-0.39, 0.29) is 11.7 Å². The molecule has 0 atom stereocenters.